The minimum atomic E-state index is -0.718. The summed E-state index contributed by atoms with van der Waals surface area (Å²) >= 11 is 6.27. The van der Waals surface area contributed by atoms with Gasteiger partial charge in [0.05, 0.1) is 18.1 Å². The van der Waals surface area contributed by atoms with Crippen LogP contribution >= 0.6 is 11.6 Å². The zero-order chi connectivity index (χ0) is 24.1. The van der Waals surface area contributed by atoms with Crippen molar-refractivity contribution in [1.29, 1.82) is 0 Å². The van der Waals surface area contributed by atoms with Gasteiger partial charge in [-0.1, -0.05) is 11.6 Å². The summed E-state index contributed by atoms with van der Waals surface area (Å²) < 4.78 is 15.8. The highest BCUT2D eigenvalue weighted by molar-refractivity contribution is 6.32. The molecule has 9 nitrogen and oxygen atoms in total. The SMILES string of the molecule is COC(=O)c1cc(OCc2cc(-c3cnc(OC(C)C)c(Cl)c3)cc([N+](=O)[O-])c2)ccc1O. The molecule has 0 aliphatic rings. The third-order valence-corrected chi connectivity index (χ3v) is 4.73. The summed E-state index contributed by atoms with van der Waals surface area (Å²) in [6.45, 7) is 3.66. The number of methoxy groups -OCH3 is 1. The van der Waals surface area contributed by atoms with Crippen molar-refractivity contribution in [3.05, 3.63) is 74.9 Å². The Hall–Kier alpha value is -3.85. The number of benzene rings is 2. The first kappa shape index (κ1) is 23.8. The molecule has 1 N–H and O–H groups in total. The highest BCUT2D eigenvalue weighted by Crippen LogP contribution is 2.32. The summed E-state index contributed by atoms with van der Waals surface area (Å²) in [5.74, 6) is -0.412. The average Bonchev–Trinajstić information content (AvgIpc) is 2.78. The number of phenolic OH excluding ortho intramolecular Hbond substituents is 1. The van der Waals surface area contributed by atoms with E-state index in [2.05, 4.69) is 9.72 Å². The standard InChI is InChI=1S/C23H21ClN2O7/c1-13(2)33-22-20(24)9-16(11-25-22)15-6-14(7-17(8-15)26(29)30)12-32-18-4-5-21(27)19(10-18)23(28)31-3/h4-11,13,27H,12H2,1-3H3. The molecule has 0 aliphatic heterocycles. The summed E-state index contributed by atoms with van der Waals surface area (Å²) in [5.41, 5.74) is 1.41. The second kappa shape index (κ2) is 10.2. The Bertz CT molecular complexity index is 1200. The van der Waals surface area contributed by atoms with Gasteiger partial charge in [-0.3, -0.25) is 10.1 Å². The van der Waals surface area contributed by atoms with Crippen molar-refractivity contribution in [3.63, 3.8) is 0 Å². The van der Waals surface area contributed by atoms with E-state index in [1.165, 1.54) is 43.6 Å². The van der Waals surface area contributed by atoms with Crippen LogP contribution in [0.5, 0.6) is 17.4 Å². The van der Waals surface area contributed by atoms with Crippen molar-refractivity contribution in [3.8, 4) is 28.5 Å². The Balaban J connectivity index is 1.89. The van der Waals surface area contributed by atoms with Crippen molar-refractivity contribution in [2.24, 2.45) is 0 Å². The Kier molecular flexibility index (Phi) is 7.34. The summed E-state index contributed by atoms with van der Waals surface area (Å²) in [6, 6.07) is 10.2. The smallest absolute Gasteiger partial charge is 0.341 e. The maximum Gasteiger partial charge on any atom is 0.341 e. The number of nitro groups is 1. The zero-order valence-corrected chi connectivity index (χ0v) is 18.8. The highest BCUT2D eigenvalue weighted by Gasteiger charge is 2.16. The number of nitrogens with zero attached hydrogens (tertiary/aromatic N) is 2. The summed E-state index contributed by atoms with van der Waals surface area (Å²) in [5, 5.41) is 21.6. The number of esters is 1. The number of nitro benzene ring substituents is 1. The van der Waals surface area contributed by atoms with Gasteiger partial charge in [-0.15, -0.1) is 0 Å². The van der Waals surface area contributed by atoms with Gasteiger partial charge in [-0.25, -0.2) is 9.78 Å². The van der Waals surface area contributed by atoms with Gasteiger partial charge in [0.15, 0.2) is 0 Å². The number of hydrogen-bond acceptors (Lipinski definition) is 8. The molecule has 0 saturated carbocycles. The molecule has 0 spiro atoms. The number of non-ortho nitro benzene ring substituents is 1. The van der Waals surface area contributed by atoms with E-state index in [-0.39, 0.29) is 46.4 Å². The van der Waals surface area contributed by atoms with Gasteiger partial charge in [0.2, 0.25) is 5.88 Å². The number of pyridine rings is 1. The van der Waals surface area contributed by atoms with Gasteiger partial charge in [0.1, 0.15) is 28.7 Å². The average molecular weight is 473 g/mol. The van der Waals surface area contributed by atoms with Gasteiger partial charge in [0, 0.05) is 23.9 Å². The number of rotatable bonds is 8. The zero-order valence-electron chi connectivity index (χ0n) is 18.1. The molecule has 1 aromatic heterocycles. The predicted molar refractivity (Wildman–Crippen MR) is 121 cm³/mol. The summed E-state index contributed by atoms with van der Waals surface area (Å²) in [4.78, 5) is 26.9. The monoisotopic (exact) mass is 472 g/mol. The van der Waals surface area contributed by atoms with Crippen LogP contribution in [0, 0.1) is 10.1 Å². The predicted octanol–water partition coefficient (Wildman–Crippen LogP) is 5.17. The molecule has 3 rings (SSSR count). The lowest BCUT2D eigenvalue weighted by molar-refractivity contribution is -0.384. The van der Waals surface area contributed by atoms with E-state index in [1.807, 2.05) is 13.8 Å². The van der Waals surface area contributed by atoms with Gasteiger partial charge in [0.25, 0.3) is 5.69 Å². The molecule has 0 aliphatic carbocycles. The number of carbonyl (C=O) groups is 1. The van der Waals surface area contributed by atoms with Crippen LogP contribution in [-0.4, -0.2) is 34.2 Å². The molecule has 3 aromatic rings. The van der Waals surface area contributed by atoms with E-state index in [9.17, 15) is 20.0 Å². The lowest BCUT2D eigenvalue weighted by atomic mass is 10.0. The van der Waals surface area contributed by atoms with E-state index in [1.54, 1.807) is 12.1 Å². The van der Waals surface area contributed by atoms with Gasteiger partial charge >= 0.3 is 5.97 Å². The third kappa shape index (κ3) is 5.89. The number of aromatic nitrogens is 1. The Morgan fingerprint density at radius 3 is 2.58 bits per heavy atom. The molecule has 1 heterocycles. The topological polar surface area (TPSA) is 121 Å². The Morgan fingerprint density at radius 1 is 1.18 bits per heavy atom. The molecule has 0 atom stereocenters. The molecule has 10 heteroatoms. The molecular formula is C23H21ClN2O7. The molecule has 0 saturated heterocycles. The van der Waals surface area contributed by atoms with Crippen molar-refractivity contribution in [2.75, 3.05) is 7.11 Å². The van der Waals surface area contributed by atoms with Crippen molar-refractivity contribution < 1.29 is 29.0 Å². The Morgan fingerprint density at radius 2 is 1.94 bits per heavy atom. The normalized spacial score (nSPS) is 10.7. The molecule has 0 amide bonds. The number of hydrogen-bond donors (Lipinski definition) is 1. The Labute approximate surface area is 194 Å². The fourth-order valence-electron chi connectivity index (χ4n) is 2.97. The molecule has 0 fully saturated rings. The molecule has 33 heavy (non-hydrogen) atoms. The van der Waals surface area contributed by atoms with E-state index in [0.29, 0.717) is 16.7 Å². The van der Waals surface area contributed by atoms with E-state index in [4.69, 9.17) is 21.1 Å². The van der Waals surface area contributed by atoms with Crippen LogP contribution in [-0.2, 0) is 11.3 Å². The first-order valence-corrected chi connectivity index (χ1v) is 10.2. The largest absolute Gasteiger partial charge is 0.507 e. The molecule has 2 aromatic carbocycles. The number of aromatic hydroxyl groups is 1. The van der Waals surface area contributed by atoms with Crippen LogP contribution in [0.4, 0.5) is 5.69 Å². The summed E-state index contributed by atoms with van der Waals surface area (Å²) in [7, 11) is 1.20. The van der Waals surface area contributed by atoms with Crippen LogP contribution < -0.4 is 9.47 Å². The number of halogens is 1. The molecular weight excluding hydrogens is 452 g/mol. The van der Waals surface area contributed by atoms with E-state index >= 15 is 0 Å². The second-order valence-corrected chi connectivity index (χ2v) is 7.69. The van der Waals surface area contributed by atoms with Crippen LogP contribution in [0.1, 0.15) is 29.8 Å². The van der Waals surface area contributed by atoms with Crippen LogP contribution in [0.2, 0.25) is 5.02 Å². The van der Waals surface area contributed by atoms with Crippen LogP contribution in [0.25, 0.3) is 11.1 Å². The van der Waals surface area contributed by atoms with Crippen molar-refractivity contribution in [2.45, 2.75) is 26.6 Å². The quantitative estimate of drug-likeness (QED) is 0.271. The fraction of sp³-hybridized carbons (Fsp3) is 0.217. The van der Waals surface area contributed by atoms with Gasteiger partial charge in [-0.05, 0) is 55.3 Å². The molecule has 0 bridgehead atoms. The van der Waals surface area contributed by atoms with Gasteiger partial charge < -0.3 is 19.3 Å². The number of ether oxygens (including phenoxy) is 3. The van der Waals surface area contributed by atoms with Gasteiger partial charge in [-0.2, -0.15) is 0 Å². The van der Waals surface area contributed by atoms with Crippen LogP contribution in [0.3, 0.4) is 0 Å². The first-order chi connectivity index (χ1) is 15.7. The molecule has 0 unspecified atom stereocenters. The lowest BCUT2D eigenvalue weighted by Gasteiger charge is -2.12. The molecule has 0 radical (unpaired) electrons. The highest BCUT2D eigenvalue weighted by atomic mass is 35.5. The lowest BCUT2D eigenvalue weighted by Crippen LogP contribution is -2.07. The minimum absolute atomic E-state index is 0.0320. The second-order valence-electron chi connectivity index (χ2n) is 7.28. The summed E-state index contributed by atoms with van der Waals surface area (Å²) in [6.07, 6.45) is 1.41. The minimum Gasteiger partial charge on any atom is -0.507 e. The van der Waals surface area contributed by atoms with E-state index < -0.39 is 10.9 Å². The first-order valence-electron chi connectivity index (χ1n) is 9.83. The van der Waals surface area contributed by atoms with Crippen molar-refractivity contribution >= 4 is 23.3 Å². The number of phenols is 1. The van der Waals surface area contributed by atoms with E-state index in [0.717, 1.165) is 0 Å². The fourth-order valence-corrected chi connectivity index (χ4v) is 3.18. The third-order valence-electron chi connectivity index (χ3n) is 4.46. The maximum absolute atomic E-state index is 11.8. The van der Waals surface area contributed by atoms with Crippen LogP contribution in [0.15, 0.2) is 48.7 Å². The van der Waals surface area contributed by atoms with Crippen molar-refractivity contribution in [1.82, 2.24) is 4.98 Å². The maximum atomic E-state index is 11.8. The molecule has 172 valence electrons. The number of carbonyl (C=O) groups excluding carboxylic acids is 1.